The highest BCUT2D eigenvalue weighted by atomic mass is 16.4. The van der Waals surface area contributed by atoms with E-state index in [0.29, 0.717) is 19.4 Å². The van der Waals surface area contributed by atoms with Crippen molar-refractivity contribution in [3.05, 3.63) is 48.0 Å². The molecule has 0 spiro atoms. The average Bonchev–Trinajstić information content (AvgIpc) is 2.55. The predicted octanol–water partition coefficient (Wildman–Crippen LogP) is 1.46. The molecule has 0 unspecified atom stereocenters. The fourth-order valence-corrected chi connectivity index (χ4v) is 2.81. The molecule has 0 fully saturated rings. The summed E-state index contributed by atoms with van der Waals surface area (Å²) in [5.41, 5.74) is 1.29. The summed E-state index contributed by atoms with van der Waals surface area (Å²) in [5, 5.41) is 13.9. The van der Waals surface area contributed by atoms with Gasteiger partial charge in [0.15, 0.2) is 0 Å². The van der Waals surface area contributed by atoms with Crippen molar-refractivity contribution >= 4 is 11.9 Å². The molecule has 4 nitrogen and oxygen atoms in total. The van der Waals surface area contributed by atoms with E-state index in [0.717, 1.165) is 19.3 Å². The Bertz CT molecular complexity index is 524. The molecular weight excluding hydrogens is 278 g/mol. The molecule has 0 heterocycles. The van der Waals surface area contributed by atoms with Crippen LogP contribution in [0.15, 0.2) is 42.5 Å². The number of carboxylic acid groups (broad SMARTS) is 1. The van der Waals surface area contributed by atoms with Crippen LogP contribution in [-0.4, -0.2) is 18.4 Å². The van der Waals surface area contributed by atoms with Crippen LogP contribution >= 0.6 is 0 Å². The van der Waals surface area contributed by atoms with Crippen LogP contribution in [0.4, 0.5) is 0 Å². The van der Waals surface area contributed by atoms with Gasteiger partial charge in [0.1, 0.15) is 0 Å². The minimum Gasteiger partial charge on any atom is -0.550 e. The van der Waals surface area contributed by atoms with Crippen LogP contribution in [0.25, 0.3) is 0 Å². The van der Waals surface area contributed by atoms with Gasteiger partial charge in [0, 0.05) is 24.3 Å². The van der Waals surface area contributed by atoms with Crippen LogP contribution in [0.2, 0.25) is 0 Å². The summed E-state index contributed by atoms with van der Waals surface area (Å²) in [6, 6.07) is 10.2. The molecule has 1 amide bonds. The Morgan fingerprint density at radius 2 is 1.73 bits per heavy atom. The second-order valence-corrected chi connectivity index (χ2v) is 5.71. The van der Waals surface area contributed by atoms with E-state index in [4.69, 9.17) is 0 Å². The molecule has 1 N–H and O–H groups in total. The summed E-state index contributed by atoms with van der Waals surface area (Å²) in [6.45, 7) is 0.589. The molecule has 22 heavy (non-hydrogen) atoms. The molecule has 1 aliphatic rings. The summed E-state index contributed by atoms with van der Waals surface area (Å²) in [7, 11) is 0. The van der Waals surface area contributed by atoms with E-state index < -0.39 is 17.8 Å². The maximum Gasteiger partial charge on any atom is 0.224 e. The number of aryl methyl sites for hydroxylation is 1. The molecule has 1 aromatic rings. The number of allylic oxidation sites excluding steroid dienone is 2. The summed E-state index contributed by atoms with van der Waals surface area (Å²) in [6.07, 6.45) is 7.43. The van der Waals surface area contributed by atoms with E-state index in [1.807, 2.05) is 30.4 Å². The molecule has 1 aliphatic carbocycles. The summed E-state index contributed by atoms with van der Waals surface area (Å²) in [4.78, 5) is 23.2. The Morgan fingerprint density at radius 3 is 2.41 bits per heavy atom. The van der Waals surface area contributed by atoms with E-state index >= 15 is 0 Å². The molecule has 0 saturated heterocycles. The zero-order valence-corrected chi connectivity index (χ0v) is 12.7. The van der Waals surface area contributed by atoms with Gasteiger partial charge in [0.05, 0.1) is 0 Å². The van der Waals surface area contributed by atoms with Gasteiger partial charge in [-0.15, -0.1) is 0 Å². The third-order valence-electron chi connectivity index (χ3n) is 4.11. The number of benzene rings is 1. The monoisotopic (exact) mass is 300 g/mol. The van der Waals surface area contributed by atoms with Gasteiger partial charge in [0.25, 0.3) is 0 Å². The second-order valence-electron chi connectivity index (χ2n) is 5.71. The Morgan fingerprint density at radius 1 is 1.05 bits per heavy atom. The fraction of sp³-hybridized carbons (Fsp3) is 0.444. The average molecular weight is 300 g/mol. The number of amides is 1. The van der Waals surface area contributed by atoms with Crippen LogP contribution in [0.3, 0.4) is 0 Å². The van der Waals surface area contributed by atoms with Gasteiger partial charge >= 0.3 is 0 Å². The number of carbonyl (C=O) groups is 2. The Balaban J connectivity index is 1.69. The van der Waals surface area contributed by atoms with Crippen LogP contribution < -0.4 is 10.4 Å². The van der Waals surface area contributed by atoms with Crippen LogP contribution in [0, 0.1) is 11.8 Å². The van der Waals surface area contributed by atoms with Gasteiger partial charge in [-0.1, -0.05) is 42.5 Å². The maximum absolute atomic E-state index is 12.1. The van der Waals surface area contributed by atoms with Crippen molar-refractivity contribution in [3.8, 4) is 0 Å². The molecule has 2 atom stereocenters. The molecule has 4 heteroatoms. The number of carbonyl (C=O) groups excluding carboxylic acids is 2. The summed E-state index contributed by atoms with van der Waals surface area (Å²) >= 11 is 0. The number of hydrogen-bond acceptors (Lipinski definition) is 3. The highest BCUT2D eigenvalue weighted by Crippen LogP contribution is 2.25. The normalized spacial score (nSPS) is 20.5. The van der Waals surface area contributed by atoms with Gasteiger partial charge in [-0.25, -0.2) is 0 Å². The van der Waals surface area contributed by atoms with Crippen molar-refractivity contribution in [2.75, 3.05) is 6.54 Å². The molecule has 2 rings (SSSR count). The lowest BCUT2D eigenvalue weighted by molar-refractivity contribution is -0.313. The summed E-state index contributed by atoms with van der Waals surface area (Å²) in [5.74, 6) is -2.50. The number of unbranched alkanes of at least 4 members (excludes halogenated alkanes) is 1. The first-order valence-electron chi connectivity index (χ1n) is 7.86. The minimum absolute atomic E-state index is 0.168. The van der Waals surface area contributed by atoms with Crippen molar-refractivity contribution in [2.24, 2.45) is 11.8 Å². The molecule has 0 saturated carbocycles. The quantitative estimate of drug-likeness (QED) is 0.612. The first-order valence-corrected chi connectivity index (χ1v) is 7.86. The zero-order valence-electron chi connectivity index (χ0n) is 12.7. The zero-order chi connectivity index (χ0) is 15.8. The van der Waals surface area contributed by atoms with Crippen molar-refractivity contribution in [1.29, 1.82) is 0 Å². The smallest absolute Gasteiger partial charge is 0.224 e. The maximum atomic E-state index is 12.1. The van der Waals surface area contributed by atoms with Crippen LogP contribution in [-0.2, 0) is 16.0 Å². The van der Waals surface area contributed by atoms with Gasteiger partial charge in [-0.3, -0.25) is 4.79 Å². The minimum atomic E-state index is -1.13. The second kappa shape index (κ2) is 8.37. The van der Waals surface area contributed by atoms with Crippen molar-refractivity contribution in [1.82, 2.24) is 5.32 Å². The highest BCUT2D eigenvalue weighted by Gasteiger charge is 2.29. The largest absolute Gasteiger partial charge is 0.550 e. The molecule has 1 aromatic carbocycles. The predicted molar refractivity (Wildman–Crippen MR) is 82.8 cm³/mol. The third kappa shape index (κ3) is 4.72. The standard InChI is InChI=1S/C18H23NO3/c20-17(15-11-4-5-12-16(15)18(21)22)19-13-7-6-10-14-8-2-1-3-9-14/h1-5,8-9,15-16H,6-7,10-13H2,(H,19,20)(H,21,22)/p-1/t15-,16-/m1/s1. The Kier molecular flexibility index (Phi) is 6.19. The Hall–Kier alpha value is -2.10. The molecule has 0 bridgehead atoms. The molecular formula is C18H22NO3-. The van der Waals surface area contributed by atoms with Crippen LogP contribution in [0.1, 0.15) is 31.2 Å². The number of carboxylic acids is 1. The SMILES string of the molecule is O=C([O-])[C@@H]1CC=CC[C@H]1C(=O)NCCCCc1ccccc1. The lowest BCUT2D eigenvalue weighted by Gasteiger charge is -2.28. The molecule has 0 radical (unpaired) electrons. The van der Waals surface area contributed by atoms with E-state index in [2.05, 4.69) is 17.4 Å². The molecule has 0 aromatic heterocycles. The fourth-order valence-electron chi connectivity index (χ4n) is 2.81. The van der Waals surface area contributed by atoms with Gasteiger partial charge in [-0.05, 0) is 37.7 Å². The lowest BCUT2D eigenvalue weighted by Crippen LogP contribution is -2.43. The highest BCUT2D eigenvalue weighted by molar-refractivity contribution is 5.84. The lowest BCUT2D eigenvalue weighted by atomic mass is 9.82. The van der Waals surface area contributed by atoms with E-state index in [-0.39, 0.29) is 5.91 Å². The van der Waals surface area contributed by atoms with Gasteiger partial charge in [-0.2, -0.15) is 0 Å². The first kappa shape index (κ1) is 16.3. The topological polar surface area (TPSA) is 69.2 Å². The Labute approximate surface area is 131 Å². The number of rotatable bonds is 7. The van der Waals surface area contributed by atoms with Crippen LogP contribution in [0.5, 0.6) is 0 Å². The third-order valence-corrected chi connectivity index (χ3v) is 4.11. The van der Waals surface area contributed by atoms with E-state index in [9.17, 15) is 14.7 Å². The number of nitrogens with one attached hydrogen (secondary N) is 1. The van der Waals surface area contributed by atoms with Gasteiger partial charge in [0.2, 0.25) is 5.91 Å². The molecule has 118 valence electrons. The molecule has 0 aliphatic heterocycles. The van der Waals surface area contributed by atoms with E-state index in [1.165, 1.54) is 5.56 Å². The number of hydrogen-bond donors (Lipinski definition) is 1. The van der Waals surface area contributed by atoms with Crippen molar-refractivity contribution in [2.45, 2.75) is 32.1 Å². The number of aliphatic carboxylic acids is 1. The summed E-state index contributed by atoms with van der Waals surface area (Å²) < 4.78 is 0. The van der Waals surface area contributed by atoms with Gasteiger partial charge < -0.3 is 15.2 Å². The van der Waals surface area contributed by atoms with Crippen molar-refractivity contribution in [3.63, 3.8) is 0 Å². The van der Waals surface area contributed by atoms with E-state index in [1.54, 1.807) is 0 Å². The van der Waals surface area contributed by atoms with Crippen molar-refractivity contribution < 1.29 is 14.7 Å². The first-order chi connectivity index (χ1) is 10.7.